The molecule has 2 heterocycles. The molecule has 2 aliphatic heterocycles. The van der Waals surface area contributed by atoms with Gasteiger partial charge in [-0.25, -0.2) is 0 Å². The van der Waals surface area contributed by atoms with Crippen LogP contribution in [0.1, 0.15) is 30.4 Å². The summed E-state index contributed by atoms with van der Waals surface area (Å²) < 4.78 is 7.63. The van der Waals surface area contributed by atoms with Crippen molar-refractivity contribution in [3.8, 4) is 5.75 Å². The Hall–Kier alpha value is -2.33. The minimum Gasteiger partial charge on any atom is -0.497 e. The van der Waals surface area contributed by atoms with Crippen LogP contribution < -0.4 is 9.64 Å². The van der Waals surface area contributed by atoms with Gasteiger partial charge in [0.15, 0.2) is 6.54 Å². The molecule has 1 N–H and O–H groups in total. The molecule has 0 saturated heterocycles. The van der Waals surface area contributed by atoms with Crippen LogP contribution in [0.25, 0.3) is 0 Å². The summed E-state index contributed by atoms with van der Waals surface area (Å²) in [6, 6.07) is 16.2. The maximum atomic E-state index is 11.8. The summed E-state index contributed by atoms with van der Waals surface area (Å²) in [5, 5.41) is 11.8. The van der Waals surface area contributed by atoms with Crippen molar-refractivity contribution in [2.75, 3.05) is 25.1 Å². The number of hydrogen-bond acceptors (Lipinski definition) is 3. The number of aryl methyl sites for hydroxylation is 1. The van der Waals surface area contributed by atoms with Crippen molar-refractivity contribution < 1.29 is 14.4 Å². The van der Waals surface area contributed by atoms with Gasteiger partial charge in [-0.2, -0.15) is 4.90 Å². The Labute approximate surface area is 149 Å². The summed E-state index contributed by atoms with van der Waals surface area (Å²) >= 11 is 0. The van der Waals surface area contributed by atoms with Gasteiger partial charge in [0.1, 0.15) is 11.4 Å². The molecule has 0 spiro atoms. The van der Waals surface area contributed by atoms with Crippen LogP contribution >= 0.6 is 0 Å². The average molecular weight is 337 g/mol. The van der Waals surface area contributed by atoms with Crippen molar-refractivity contribution in [1.29, 1.82) is 0 Å². The van der Waals surface area contributed by atoms with E-state index in [1.54, 1.807) is 7.11 Å². The lowest BCUT2D eigenvalue weighted by molar-refractivity contribution is -0.538. The summed E-state index contributed by atoms with van der Waals surface area (Å²) in [7, 11) is 1.67. The van der Waals surface area contributed by atoms with E-state index >= 15 is 0 Å². The first-order chi connectivity index (χ1) is 12.1. The van der Waals surface area contributed by atoms with Crippen LogP contribution in [0.3, 0.4) is 0 Å². The van der Waals surface area contributed by atoms with Crippen molar-refractivity contribution in [3.05, 3.63) is 59.7 Å². The third kappa shape index (κ3) is 2.71. The molecule has 2 aromatic rings. The van der Waals surface area contributed by atoms with Gasteiger partial charge in [-0.15, -0.1) is 0 Å². The Bertz CT molecular complexity index is 796. The van der Waals surface area contributed by atoms with Crippen LogP contribution in [-0.4, -0.2) is 35.7 Å². The lowest BCUT2D eigenvalue weighted by Crippen LogP contribution is -2.47. The minimum absolute atomic E-state index is 0.609. The molecule has 4 heteroatoms. The van der Waals surface area contributed by atoms with Crippen LogP contribution in [0.15, 0.2) is 48.5 Å². The van der Waals surface area contributed by atoms with Crippen molar-refractivity contribution in [3.63, 3.8) is 0 Å². The topological polar surface area (TPSA) is 35.7 Å². The second-order valence-corrected chi connectivity index (χ2v) is 7.01. The molecule has 0 unspecified atom stereocenters. The quantitative estimate of drug-likeness (QED) is 0.873. The fourth-order valence-corrected chi connectivity index (χ4v) is 3.98. The molecule has 0 saturated carbocycles. The number of anilines is 1. The van der Waals surface area contributed by atoms with Gasteiger partial charge in [0.2, 0.25) is 0 Å². The van der Waals surface area contributed by atoms with Gasteiger partial charge in [-0.1, -0.05) is 29.8 Å². The largest absolute Gasteiger partial charge is 0.497 e. The van der Waals surface area contributed by atoms with Gasteiger partial charge < -0.3 is 9.84 Å². The van der Waals surface area contributed by atoms with Crippen LogP contribution in [0, 0.1) is 6.92 Å². The number of aliphatic hydroxyl groups is 1. The fourth-order valence-electron chi connectivity index (χ4n) is 3.98. The van der Waals surface area contributed by atoms with E-state index in [0.717, 1.165) is 30.0 Å². The van der Waals surface area contributed by atoms with Gasteiger partial charge in [-0.3, -0.25) is 4.58 Å². The Kier molecular flexibility index (Phi) is 4.00. The molecule has 25 heavy (non-hydrogen) atoms. The molecule has 4 nitrogen and oxygen atoms in total. The number of ether oxygens (including phenoxy) is 1. The van der Waals surface area contributed by atoms with Gasteiger partial charge in [0.25, 0.3) is 11.6 Å². The van der Waals surface area contributed by atoms with Crippen LogP contribution in [-0.2, 0) is 5.72 Å². The molecule has 4 rings (SSSR count). The molecule has 0 fully saturated rings. The average Bonchev–Trinajstić information content (AvgIpc) is 2.95. The van der Waals surface area contributed by atoms with Crippen molar-refractivity contribution in [1.82, 2.24) is 0 Å². The first-order valence-electron chi connectivity index (χ1n) is 8.96. The van der Waals surface area contributed by atoms with E-state index in [4.69, 9.17) is 4.74 Å². The van der Waals surface area contributed by atoms with E-state index < -0.39 is 5.72 Å². The summed E-state index contributed by atoms with van der Waals surface area (Å²) in [6.45, 7) is 3.69. The second kappa shape index (κ2) is 6.19. The van der Waals surface area contributed by atoms with Crippen molar-refractivity contribution in [2.24, 2.45) is 0 Å². The number of benzene rings is 2. The van der Waals surface area contributed by atoms with E-state index in [2.05, 4.69) is 28.5 Å². The predicted octanol–water partition coefficient (Wildman–Crippen LogP) is 3.26. The van der Waals surface area contributed by atoms with E-state index in [9.17, 15) is 5.11 Å². The lowest BCUT2D eigenvalue weighted by Gasteiger charge is -2.29. The zero-order valence-electron chi connectivity index (χ0n) is 14.9. The highest BCUT2D eigenvalue weighted by Gasteiger charge is 2.54. The molecular formula is C21H25N2O2+. The van der Waals surface area contributed by atoms with E-state index in [1.165, 1.54) is 24.2 Å². The molecule has 0 amide bonds. The maximum absolute atomic E-state index is 11.8. The lowest BCUT2D eigenvalue weighted by atomic mass is 9.99. The van der Waals surface area contributed by atoms with E-state index in [1.807, 2.05) is 36.4 Å². The summed E-state index contributed by atoms with van der Waals surface area (Å²) in [6.07, 6.45) is 3.35. The monoisotopic (exact) mass is 337 g/mol. The van der Waals surface area contributed by atoms with Gasteiger partial charge in [0, 0.05) is 12.0 Å². The Balaban J connectivity index is 1.81. The SMILES string of the molecule is COc1ccc(N2C3=[N+](CCCC3)C[C@]2(O)c2ccc(C)cc2)cc1. The van der Waals surface area contributed by atoms with E-state index in [0.29, 0.717) is 6.54 Å². The molecule has 2 aliphatic rings. The fraction of sp³-hybridized carbons (Fsp3) is 0.381. The Morgan fingerprint density at radius 2 is 1.76 bits per heavy atom. The van der Waals surface area contributed by atoms with Gasteiger partial charge in [0.05, 0.1) is 13.7 Å². The first-order valence-corrected chi connectivity index (χ1v) is 8.96. The molecule has 1 atom stereocenters. The number of hydrogen-bond donors (Lipinski definition) is 1. The summed E-state index contributed by atoms with van der Waals surface area (Å²) in [5.74, 6) is 2.05. The zero-order valence-corrected chi connectivity index (χ0v) is 14.9. The molecular weight excluding hydrogens is 312 g/mol. The van der Waals surface area contributed by atoms with E-state index in [-0.39, 0.29) is 0 Å². The minimum atomic E-state index is -1.04. The molecule has 0 aliphatic carbocycles. The third-order valence-electron chi connectivity index (χ3n) is 5.33. The van der Waals surface area contributed by atoms with Crippen LogP contribution in [0.5, 0.6) is 5.75 Å². The van der Waals surface area contributed by atoms with Gasteiger partial charge >= 0.3 is 0 Å². The summed E-state index contributed by atoms with van der Waals surface area (Å²) in [5.41, 5.74) is 2.10. The van der Waals surface area contributed by atoms with Crippen LogP contribution in [0.2, 0.25) is 0 Å². The molecule has 0 bridgehead atoms. The highest BCUT2D eigenvalue weighted by molar-refractivity contribution is 5.97. The highest BCUT2D eigenvalue weighted by atomic mass is 16.5. The Morgan fingerprint density at radius 1 is 1.04 bits per heavy atom. The normalized spacial score (nSPS) is 22.9. The smallest absolute Gasteiger partial charge is 0.275 e. The molecule has 2 aromatic carbocycles. The predicted molar refractivity (Wildman–Crippen MR) is 99.4 cm³/mol. The number of nitrogens with zero attached hydrogens (tertiary/aromatic N) is 2. The number of amidine groups is 1. The molecule has 130 valence electrons. The highest BCUT2D eigenvalue weighted by Crippen LogP contribution is 2.38. The number of rotatable bonds is 3. The maximum Gasteiger partial charge on any atom is 0.275 e. The zero-order chi connectivity index (χ0) is 17.4. The third-order valence-corrected chi connectivity index (χ3v) is 5.33. The number of methoxy groups -OCH3 is 1. The second-order valence-electron chi connectivity index (χ2n) is 7.01. The molecule has 0 aromatic heterocycles. The van der Waals surface area contributed by atoms with Crippen molar-refractivity contribution in [2.45, 2.75) is 31.9 Å². The summed E-state index contributed by atoms with van der Waals surface area (Å²) in [4.78, 5) is 2.12. The van der Waals surface area contributed by atoms with Gasteiger partial charge in [-0.05, 0) is 44.0 Å². The Morgan fingerprint density at radius 3 is 2.44 bits per heavy atom. The first kappa shape index (κ1) is 16.2. The standard InChI is InChI=1S/C21H25N2O2/c1-16-6-8-17(9-7-16)21(24)15-22-14-4-3-5-20(22)23(21)18-10-12-19(25-2)13-11-18/h6-13,24H,3-5,14-15H2,1-2H3/q+1/t21-/m0/s1. The molecule has 0 radical (unpaired) electrons. The van der Waals surface area contributed by atoms with Crippen molar-refractivity contribution >= 4 is 11.5 Å². The van der Waals surface area contributed by atoms with Crippen LogP contribution in [0.4, 0.5) is 5.69 Å².